The largest absolute Gasteiger partial charge is 0.385 e. The Balaban J connectivity index is 2.03. The topological polar surface area (TPSA) is 58.6 Å². The fourth-order valence-electron chi connectivity index (χ4n) is 2.95. The van der Waals surface area contributed by atoms with E-state index in [1.807, 2.05) is 18.7 Å². The molecular formula is C15H26N2O3. The maximum absolute atomic E-state index is 12.6. The van der Waals surface area contributed by atoms with Gasteiger partial charge in [0.15, 0.2) is 0 Å². The average molecular weight is 282 g/mol. The van der Waals surface area contributed by atoms with E-state index in [0.29, 0.717) is 19.1 Å². The smallest absolute Gasteiger partial charge is 0.246 e. The second kappa shape index (κ2) is 6.57. The zero-order valence-corrected chi connectivity index (χ0v) is 12.7. The number of hydrogen-bond acceptors (Lipinski definition) is 3. The number of carbonyl (C=O) groups excluding carboxylic acids is 2. The lowest BCUT2D eigenvalue weighted by atomic mass is 9.95. The number of ether oxygens (including phenoxy) is 1. The summed E-state index contributed by atoms with van der Waals surface area (Å²) < 4.78 is 5.04. The molecule has 2 unspecified atom stereocenters. The van der Waals surface area contributed by atoms with Gasteiger partial charge >= 0.3 is 0 Å². The third kappa shape index (κ3) is 3.32. The van der Waals surface area contributed by atoms with E-state index >= 15 is 0 Å². The Morgan fingerprint density at radius 2 is 2.00 bits per heavy atom. The molecule has 1 saturated carbocycles. The van der Waals surface area contributed by atoms with Crippen LogP contribution < -0.4 is 5.32 Å². The van der Waals surface area contributed by atoms with Gasteiger partial charge in [-0.05, 0) is 37.5 Å². The van der Waals surface area contributed by atoms with Crippen molar-refractivity contribution in [1.29, 1.82) is 0 Å². The van der Waals surface area contributed by atoms with Crippen molar-refractivity contribution in [2.24, 2.45) is 11.8 Å². The van der Waals surface area contributed by atoms with E-state index in [0.717, 1.165) is 25.7 Å². The number of piperazine rings is 1. The maximum atomic E-state index is 12.6. The summed E-state index contributed by atoms with van der Waals surface area (Å²) >= 11 is 0. The van der Waals surface area contributed by atoms with Crippen LogP contribution in [0, 0.1) is 11.8 Å². The predicted molar refractivity (Wildman–Crippen MR) is 76.1 cm³/mol. The van der Waals surface area contributed by atoms with Crippen molar-refractivity contribution in [3.8, 4) is 0 Å². The Morgan fingerprint density at radius 3 is 2.55 bits per heavy atom. The quantitative estimate of drug-likeness (QED) is 0.713. The predicted octanol–water partition coefficient (Wildman–Crippen LogP) is 1.17. The number of methoxy groups -OCH3 is 1. The molecule has 2 rings (SSSR count). The van der Waals surface area contributed by atoms with Crippen LogP contribution in [0.2, 0.25) is 0 Å². The summed E-state index contributed by atoms with van der Waals surface area (Å²) in [6.07, 6.45) is 3.91. The van der Waals surface area contributed by atoms with Crippen LogP contribution >= 0.6 is 0 Å². The Morgan fingerprint density at radius 1 is 1.30 bits per heavy atom. The van der Waals surface area contributed by atoms with Crippen LogP contribution in [0.4, 0.5) is 0 Å². The average Bonchev–Trinajstić information content (AvgIpc) is 3.21. The number of nitrogens with one attached hydrogen (secondary N) is 1. The summed E-state index contributed by atoms with van der Waals surface area (Å²) in [5, 5.41) is 2.94. The molecule has 2 fully saturated rings. The monoisotopic (exact) mass is 282 g/mol. The van der Waals surface area contributed by atoms with E-state index in [2.05, 4.69) is 5.32 Å². The number of hydrogen-bond donors (Lipinski definition) is 1. The lowest BCUT2D eigenvalue weighted by Crippen LogP contribution is -2.65. The van der Waals surface area contributed by atoms with Crippen molar-refractivity contribution in [3.05, 3.63) is 0 Å². The van der Waals surface area contributed by atoms with Crippen LogP contribution in [0.25, 0.3) is 0 Å². The minimum Gasteiger partial charge on any atom is -0.385 e. The van der Waals surface area contributed by atoms with Gasteiger partial charge in [0, 0.05) is 20.3 Å². The van der Waals surface area contributed by atoms with Gasteiger partial charge in [0.25, 0.3) is 0 Å². The van der Waals surface area contributed by atoms with E-state index in [4.69, 9.17) is 4.74 Å². The highest BCUT2D eigenvalue weighted by atomic mass is 16.5. The molecule has 114 valence electrons. The first kappa shape index (κ1) is 15.3. The van der Waals surface area contributed by atoms with E-state index in [-0.39, 0.29) is 29.8 Å². The summed E-state index contributed by atoms with van der Waals surface area (Å²) in [5.41, 5.74) is 0. The second-order valence-corrected chi connectivity index (χ2v) is 6.24. The SMILES string of the molecule is COCCCCN1C(=O)C(C2CC2)NC(=O)C1C(C)C. The summed E-state index contributed by atoms with van der Waals surface area (Å²) in [4.78, 5) is 26.7. The highest BCUT2D eigenvalue weighted by molar-refractivity contribution is 5.97. The molecular weight excluding hydrogens is 256 g/mol. The summed E-state index contributed by atoms with van der Waals surface area (Å²) in [7, 11) is 1.68. The van der Waals surface area contributed by atoms with Crippen LogP contribution in [0.5, 0.6) is 0 Å². The van der Waals surface area contributed by atoms with Crippen molar-refractivity contribution >= 4 is 11.8 Å². The molecule has 0 aromatic carbocycles. The second-order valence-electron chi connectivity index (χ2n) is 6.24. The lowest BCUT2D eigenvalue weighted by molar-refractivity contribution is -0.151. The Kier molecular flexibility index (Phi) is 5.02. The van der Waals surface area contributed by atoms with Gasteiger partial charge in [-0.25, -0.2) is 0 Å². The van der Waals surface area contributed by atoms with Gasteiger partial charge in [0.05, 0.1) is 0 Å². The zero-order chi connectivity index (χ0) is 14.7. The fourth-order valence-corrected chi connectivity index (χ4v) is 2.95. The first-order valence-corrected chi connectivity index (χ1v) is 7.66. The number of nitrogens with zero attached hydrogens (tertiary/aromatic N) is 1. The van der Waals surface area contributed by atoms with Crippen molar-refractivity contribution in [1.82, 2.24) is 10.2 Å². The van der Waals surface area contributed by atoms with Crippen molar-refractivity contribution in [2.45, 2.75) is 51.6 Å². The van der Waals surface area contributed by atoms with Gasteiger partial charge in [-0.15, -0.1) is 0 Å². The van der Waals surface area contributed by atoms with Crippen LogP contribution in [0.1, 0.15) is 39.5 Å². The molecule has 0 aromatic heterocycles. The maximum Gasteiger partial charge on any atom is 0.246 e. The van der Waals surface area contributed by atoms with E-state index in [1.165, 1.54) is 0 Å². The minimum atomic E-state index is -0.319. The Labute approximate surface area is 121 Å². The summed E-state index contributed by atoms with van der Waals surface area (Å²) in [5.74, 6) is 0.633. The van der Waals surface area contributed by atoms with Gasteiger partial charge in [-0.2, -0.15) is 0 Å². The molecule has 5 heteroatoms. The molecule has 1 aliphatic carbocycles. The Bertz CT molecular complexity index is 366. The van der Waals surface area contributed by atoms with Crippen molar-refractivity contribution in [3.63, 3.8) is 0 Å². The van der Waals surface area contributed by atoms with Crippen molar-refractivity contribution < 1.29 is 14.3 Å². The molecule has 20 heavy (non-hydrogen) atoms. The fraction of sp³-hybridized carbons (Fsp3) is 0.867. The third-order valence-electron chi connectivity index (χ3n) is 4.17. The summed E-state index contributed by atoms with van der Waals surface area (Å²) in [6, 6.07) is -0.597. The molecule has 2 amide bonds. The van der Waals surface area contributed by atoms with E-state index in [1.54, 1.807) is 7.11 Å². The molecule has 5 nitrogen and oxygen atoms in total. The van der Waals surface area contributed by atoms with Crippen LogP contribution in [0.3, 0.4) is 0 Å². The molecule has 0 aromatic rings. The number of carbonyl (C=O) groups is 2. The van der Waals surface area contributed by atoms with Gasteiger partial charge in [0.1, 0.15) is 12.1 Å². The highest BCUT2D eigenvalue weighted by Gasteiger charge is 2.47. The van der Waals surface area contributed by atoms with Gasteiger partial charge in [0.2, 0.25) is 11.8 Å². The van der Waals surface area contributed by atoms with Gasteiger partial charge < -0.3 is 15.0 Å². The molecule has 1 saturated heterocycles. The number of amides is 2. The molecule has 1 N–H and O–H groups in total. The first-order chi connectivity index (χ1) is 9.56. The van der Waals surface area contributed by atoms with Gasteiger partial charge in [-0.3, -0.25) is 9.59 Å². The standard InChI is InChI=1S/C15H26N2O3/c1-10(2)13-14(18)16-12(11-6-7-11)15(19)17(13)8-4-5-9-20-3/h10-13H,4-9H2,1-3H3,(H,16,18). The third-order valence-corrected chi connectivity index (χ3v) is 4.17. The molecule has 2 aliphatic rings. The molecule has 1 heterocycles. The van der Waals surface area contributed by atoms with Crippen LogP contribution in [0.15, 0.2) is 0 Å². The van der Waals surface area contributed by atoms with Crippen LogP contribution in [-0.2, 0) is 14.3 Å². The van der Waals surface area contributed by atoms with Gasteiger partial charge in [-0.1, -0.05) is 13.8 Å². The van der Waals surface area contributed by atoms with Crippen LogP contribution in [-0.4, -0.2) is 49.1 Å². The van der Waals surface area contributed by atoms with E-state index in [9.17, 15) is 9.59 Å². The summed E-state index contributed by atoms with van der Waals surface area (Å²) in [6.45, 7) is 5.35. The highest BCUT2D eigenvalue weighted by Crippen LogP contribution is 2.35. The molecule has 0 spiro atoms. The molecule has 0 bridgehead atoms. The molecule has 1 aliphatic heterocycles. The Hall–Kier alpha value is -1.10. The number of rotatable bonds is 7. The first-order valence-electron chi connectivity index (χ1n) is 7.66. The van der Waals surface area contributed by atoms with E-state index < -0.39 is 0 Å². The number of unbranched alkanes of at least 4 members (excludes halogenated alkanes) is 1. The normalized spacial score (nSPS) is 27.1. The lowest BCUT2D eigenvalue weighted by Gasteiger charge is -2.41. The molecule has 0 radical (unpaired) electrons. The van der Waals surface area contributed by atoms with Crippen molar-refractivity contribution in [2.75, 3.05) is 20.3 Å². The minimum absolute atomic E-state index is 0.0169. The zero-order valence-electron chi connectivity index (χ0n) is 12.7. The molecule has 2 atom stereocenters.